The number of aryl methyl sites for hydroxylation is 2. The van der Waals surface area contributed by atoms with Gasteiger partial charge in [0.1, 0.15) is 5.75 Å². The molecular formula is C19H34OS. The number of rotatable bonds is 12. The van der Waals surface area contributed by atoms with E-state index in [1.165, 1.54) is 85.9 Å². The van der Waals surface area contributed by atoms with Gasteiger partial charge in [-0.15, -0.1) is 11.3 Å². The van der Waals surface area contributed by atoms with Gasteiger partial charge in [0.25, 0.3) is 0 Å². The molecular weight excluding hydrogens is 276 g/mol. The molecule has 0 unspecified atom stereocenters. The first-order chi connectivity index (χ1) is 10.2. The van der Waals surface area contributed by atoms with E-state index in [-0.39, 0.29) is 0 Å². The van der Waals surface area contributed by atoms with Gasteiger partial charge in [0.15, 0.2) is 0 Å². The Morgan fingerprint density at radius 3 is 1.81 bits per heavy atom. The molecule has 21 heavy (non-hydrogen) atoms. The molecule has 2 heteroatoms. The van der Waals surface area contributed by atoms with Crippen molar-refractivity contribution in [3.8, 4) is 5.75 Å². The summed E-state index contributed by atoms with van der Waals surface area (Å²) in [7, 11) is 1.80. The van der Waals surface area contributed by atoms with Crippen LogP contribution in [-0.2, 0) is 6.42 Å². The van der Waals surface area contributed by atoms with E-state index in [4.69, 9.17) is 4.74 Å². The summed E-state index contributed by atoms with van der Waals surface area (Å²) in [4.78, 5) is 2.78. The molecule has 0 bridgehead atoms. The Morgan fingerprint density at radius 2 is 1.29 bits per heavy atom. The van der Waals surface area contributed by atoms with Crippen LogP contribution in [0.2, 0.25) is 0 Å². The van der Waals surface area contributed by atoms with Gasteiger partial charge < -0.3 is 4.74 Å². The molecule has 0 aromatic carbocycles. The quantitative estimate of drug-likeness (QED) is 0.384. The molecule has 1 heterocycles. The standard InChI is InChI=1S/C19H34OS/c1-5-6-7-8-9-10-11-12-13-14-15-18-16(2)21-17(3)19(18)20-4/h5-15H2,1-4H3. The Bertz CT molecular complexity index is 381. The molecule has 0 atom stereocenters. The zero-order valence-corrected chi connectivity index (χ0v) is 15.4. The maximum atomic E-state index is 5.55. The molecule has 0 radical (unpaired) electrons. The molecule has 0 amide bonds. The van der Waals surface area contributed by atoms with Crippen molar-refractivity contribution >= 4 is 11.3 Å². The summed E-state index contributed by atoms with van der Waals surface area (Å²) in [5, 5.41) is 0. The minimum absolute atomic E-state index is 1.15. The minimum Gasteiger partial charge on any atom is -0.495 e. The maximum absolute atomic E-state index is 5.55. The summed E-state index contributed by atoms with van der Waals surface area (Å²) in [5.74, 6) is 1.15. The summed E-state index contributed by atoms with van der Waals surface area (Å²) in [6.07, 6.45) is 15.2. The van der Waals surface area contributed by atoms with Crippen molar-refractivity contribution in [1.29, 1.82) is 0 Å². The van der Waals surface area contributed by atoms with E-state index in [1.54, 1.807) is 7.11 Å². The van der Waals surface area contributed by atoms with Crippen molar-refractivity contribution in [1.82, 2.24) is 0 Å². The number of unbranched alkanes of at least 4 members (excludes halogenated alkanes) is 9. The van der Waals surface area contributed by atoms with Gasteiger partial charge in [-0.3, -0.25) is 0 Å². The highest BCUT2D eigenvalue weighted by Gasteiger charge is 2.12. The van der Waals surface area contributed by atoms with E-state index in [1.807, 2.05) is 11.3 Å². The summed E-state index contributed by atoms with van der Waals surface area (Å²) in [6, 6.07) is 0. The van der Waals surface area contributed by atoms with Gasteiger partial charge in [-0.1, -0.05) is 64.7 Å². The van der Waals surface area contributed by atoms with Crippen molar-refractivity contribution in [2.75, 3.05) is 7.11 Å². The third kappa shape index (κ3) is 6.86. The van der Waals surface area contributed by atoms with Gasteiger partial charge in [-0.25, -0.2) is 0 Å². The van der Waals surface area contributed by atoms with E-state index in [0.29, 0.717) is 0 Å². The molecule has 0 saturated carbocycles. The number of hydrogen-bond acceptors (Lipinski definition) is 2. The van der Waals surface area contributed by atoms with Gasteiger partial charge in [-0.05, 0) is 26.7 Å². The van der Waals surface area contributed by atoms with Crippen LogP contribution >= 0.6 is 11.3 Å². The predicted octanol–water partition coefficient (Wildman–Crippen LogP) is 6.84. The van der Waals surface area contributed by atoms with Crippen molar-refractivity contribution in [2.24, 2.45) is 0 Å². The Kier molecular flexibility index (Phi) is 9.82. The molecule has 0 aliphatic rings. The Morgan fingerprint density at radius 1 is 0.762 bits per heavy atom. The molecule has 0 aliphatic carbocycles. The van der Waals surface area contributed by atoms with Crippen molar-refractivity contribution in [3.63, 3.8) is 0 Å². The van der Waals surface area contributed by atoms with Crippen LogP contribution in [0, 0.1) is 13.8 Å². The highest BCUT2D eigenvalue weighted by atomic mass is 32.1. The Labute approximate surface area is 136 Å². The molecule has 122 valence electrons. The molecule has 0 aliphatic heterocycles. The maximum Gasteiger partial charge on any atom is 0.135 e. The zero-order chi connectivity index (χ0) is 15.5. The van der Waals surface area contributed by atoms with Gasteiger partial charge >= 0.3 is 0 Å². The first-order valence-electron chi connectivity index (χ1n) is 8.83. The topological polar surface area (TPSA) is 9.23 Å². The number of ether oxygens (including phenoxy) is 1. The van der Waals surface area contributed by atoms with Gasteiger partial charge in [-0.2, -0.15) is 0 Å². The van der Waals surface area contributed by atoms with Crippen LogP contribution in [0.5, 0.6) is 5.75 Å². The molecule has 0 saturated heterocycles. The van der Waals surface area contributed by atoms with E-state index in [2.05, 4.69) is 20.8 Å². The second-order valence-corrected chi connectivity index (χ2v) is 7.59. The smallest absolute Gasteiger partial charge is 0.135 e. The average molecular weight is 311 g/mol. The second-order valence-electron chi connectivity index (χ2n) is 6.16. The Hall–Kier alpha value is -0.500. The molecule has 0 spiro atoms. The summed E-state index contributed by atoms with van der Waals surface area (Å²) in [5.41, 5.74) is 1.46. The first kappa shape index (κ1) is 18.5. The van der Waals surface area contributed by atoms with E-state index in [9.17, 15) is 0 Å². The van der Waals surface area contributed by atoms with Crippen LogP contribution in [0.4, 0.5) is 0 Å². The normalized spacial score (nSPS) is 11.0. The lowest BCUT2D eigenvalue weighted by Crippen LogP contribution is -1.92. The summed E-state index contributed by atoms with van der Waals surface area (Å²) in [6.45, 7) is 6.68. The highest BCUT2D eigenvalue weighted by molar-refractivity contribution is 7.12. The van der Waals surface area contributed by atoms with Gasteiger partial charge in [0, 0.05) is 15.3 Å². The minimum atomic E-state index is 1.15. The van der Waals surface area contributed by atoms with Crippen molar-refractivity contribution in [2.45, 2.75) is 91.4 Å². The van der Waals surface area contributed by atoms with E-state index >= 15 is 0 Å². The summed E-state index contributed by atoms with van der Waals surface area (Å²) >= 11 is 1.88. The van der Waals surface area contributed by atoms with Crippen molar-refractivity contribution in [3.05, 3.63) is 15.3 Å². The van der Waals surface area contributed by atoms with Crippen LogP contribution in [0.3, 0.4) is 0 Å². The lowest BCUT2D eigenvalue weighted by Gasteiger charge is -2.06. The molecule has 1 aromatic heterocycles. The van der Waals surface area contributed by atoms with Crippen LogP contribution in [0.25, 0.3) is 0 Å². The first-order valence-corrected chi connectivity index (χ1v) is 9.65. The van der Waals surface area contributed by atoms with Crippen LogP contribution in [-0.4, -0.2) is 7.11 Å². The van der Waals surface area contributed by atoms with Crippen LogP contribution < -0.4 is 4.74 Å². The van der Waals surface area contributed by atoms with Crippen LogP contribution in [0.15, 0.2) is 0 Å². The third-order valence-electron chi connectivity index (χ3n) is 4.31. The fraction of sp³-hybridized carbons (Fsp3) is 0.789. The molecule has 1 aromatic rings. The fourth-order valence-electron chi connectivity index (χ4n) is 3.06. The highest BCUT2D eigenvalue weighted by Crippen LogP contribution is 2.35. The number of hydrogen-bond donors (Lipinski definition) is 0. The number of methoxy groups -OCH3 is 1. The van der Waals surface area contributed by atoms with Crippen LogP contribution in [0.1, 0.15) is 86.4 Å². The predicted molar refractivity (Wildman–Crippen MR) is 95.9 cm³/mol. The van der Waals surface area contributed by atoms with Crippen molar-refractivity contribution < 1.29 is 4.74 Å². The van der Waals surface area contributed by atoms with Gasteiger partial charge in [0.05, 0.1) is 7.11 Å². The lowest BCUT2D eigenvalue weighted by molar-refractivity contribution is 0.408. The monoisotopic (exact) mass is 310 g/mol. The largest absolute Gasteiger partial charge is 0.495 e. The van der Waals surface area contributed by atoms with Gasteiger partial charge in [0.2, 0.25) is 0 Å². The molecule has 1 rings (SSSR count). The summed E-state index contributed by atoms with van der Waals surface area (Å²) < 4.78 is 5.55. The second kappa shape index (κ2) is 11.1. The number of thiophene rings is 1. The third-order valence-corrected chi connectivity index (χ3v) is 5.35. The SMILES string of the molecule is CCCCCCCCCCCCc1c(C)sc(C)c1OC. The lowest BCUT2D eigenvalue weighted by atomic mass is 10.0. The van der Waals surface area contributed by atoms with E-state index < -0.39 is 0 Å². The molecule has 0 N–H and O–H groups in total. The van der Waals surface area contributed by atoms with E-state index in [0.717, 1.165) is 5.75 Å². The Balaban J connectivity index is 2.07. The average Bonchev–Trinajstić information content (AvgIpc) is 2.74. The zero-order valence-electron chi connectivity index (χ0n) is 14.6. The molecule has 0 fully saturated rings. The molecule has 1 nitrogen and oxygen atoms in total. The fourth-order valence-corrected chi connectivity index (χ4v) is 4.13.